The highest BCUT2D eigenvalue weighted by atomic mass is 16.5. The third-order valence-electron chi connectivity index (χ3n) is 1.31. The van der Waals surface area contributed by atoms with Gasteiger partial charge in [-0.15, -0.1) is 0 Å². The highest BCUT2D eigenvalue weighted by Gasteiger charge is 2.08. The first kappa shape index (κ1) is 4.81. The molecule has 0 atom stereocenters. The van der Waals surface area contributed by atoms with E-state index in [1.807, 2.05) is 0 Å². The molecule has 0 aliphatic carbocycles. The van der Waals surface area contributed by atoms with E-state index in [-0.39, 0.29) is 0 Å². The summed E-state index contributed by atoms with van der Waals surface area (Å²) in [7, 11) is 0. The summed E-state index contributed by atoms with van der Waals surface area (Å²) in [6, 6.07) is 0. The summed E-state index contributed by atoms with van der Waals surface area (Å²) in [6.45, 7) is 1.21. The van der Waals surface area contributed by atoms with Crippen LogP contribution in [0.25, 0.3) is 0 Å². The molecule has 0 unspecified atom stereocenters. The van der Waals surface area contributed by atoms with Crippen molar-refractivity contribution in [2.24, 2.45) is 0 Å². The molecule has 2 heterocycles. The number of aromatic amines is 1. The summed E-state index contributed by atoms with van der Waals surface area (Å²) >= 11 is 0. The molecule has 4 heteroatoms. The molecular weight excluding hydrogens is 118 g/mol. The third-order valence-corrected chi connectivity index (χ3v) is 1.31. The molecule has 1 aliphatic rings. The maximum atomic E-state index is 5.07. The number of aromatic nitrogens is 2. The van der Waals surface area contributed by atoms with Crippen molar-refractivity contribution >= 4 is 5.82 Å². The lowest BCUT2D eigenvalue weighted by Gasteiger charge is -2.11. The number of rotatable bonds is 0. The average Bonchev–Trinajstić information content (AvgIpc) is 2.33. The summed E-state index contributed by atoms with van der Waals surface area (Å²) < 4.78 is 5.07. The number of H-pyrrole nitrogens is 1. The molecule has 0 fully saturated rings. The predicted octanol–water partition coefficient (Wildman–Crippen LogP) is 0.309. The Morgan fingerprint density at radius 3 is 3.56 bits per heavy atom. The van der Waals surface area contributed by atoms with Gasteiger partial charge in [0.25, 0.3) is 0 Å². The Bertz CT molecular complexity index is 187. The van der Waals surface area contributed by atoms with E-state index in [2.05, 4.69) is 15.3 Å². The maximum Gasteiger partial charge on any atom is 0.151 e. The van der Waals surface area contributed by atoms with Crippen molar-refractivity contribution in [1.29, 1.82) is 0 Å². The average molecular weight is 125 g/mol. The molecule has 1 aliphatic heterocycles. The second-order valence-electron chi connectivity index (χ2n) is 1.90. The van der Waals surface area contributed by atoms with Crippen LogP contribution in [0.2, 0.25) is 0 Å². The molecule has 2 rings (SSSR count). The van der Waals surface area contributed by atoms with Crippen LogP contribution in [-0.2, 0) is 11.3 Å². The van der Waals surface area contributed by atoms with Crippen LogP contribution >= 0.6 is 0 Å². The van der Waals surface area contributed by atoms with Crippen molar-refractivity contribution in [3.63, 3.8) is 0 Å². The number of hydrogen-bond donors (Lipinski definition) is 2. The number of ether oxygens (including phenoxy) is 1. The Hall–Kier alpha value is -1.03. The molecule has 0 bridgehead atoms. The van der Waals surface area contributed by atoms with Gasteiger partial charge in [-0.25, -0.2) is 4.98 Å². The summed E-state index contributed by atoms with van der Waals surface area (Å²) in [5.41, 5.74) is 1.03. The fourth-order valence-electron chi connectivity index (χ4n) is 0.856. The van der Waals surface area contributed by atoms with Crippen LogP contribution in [0.1, 0.15) is 5.69 Å². The minimum absolute atomic E-state index is 0.567. The zero-order valence-corrected chi connectivity index (χ0v) is 4.85. The molecule has 0 spiro atoms. The number of imidazole rings is 1. The molecule has 0 amide bonds. The Morgan fingerprint density at radius 2 is 2.67 bits per heavy atom. The molecular formula is C5H7N3O. The quantitative estimate of drug-likeness (QED) is 0.524. The lowest BCUT2D eigenvalue weighted by molar-refractivity contribution is 0.128. The van der Waals surface area contributed by atoms with E-state index in [1.54, 1.807) is 6.33 Å². The fourth-order valence-corrected chi connectivity index (χ4v) is 0.856. The van der Waals surface area contributed by atoms with E-state index >= 15 is 0 Å². The number of nitrogens with zero attached hydrogens (tertiary/aromatic N) is 1. The summed E-state index contributed by atoms with van der Waals surface area (Å²) in [5, 5.41) is 2.98. The van der Waals surface area contributed by atoms with Crippen molar-refractivity contribution < 1.29 is 4.74 Å². The molecule has 9 heavy (non-hydrogen) atoms. The van der Waals surface area contributed by atoms with Crippen LogP contribution in [0.3, 0.4) is 0 Å². The van der Waals surface area contributed by atoms with Crippen LogP contribution in [0, 0.1) is 0 Å². The Morgan fingerprint density at radius 1 is 1.67 bits per heavy atom. The summed E-state index contributed by atoms with van der Waals surface area (Å²) in [6.07, 6.45) is 1.66. The van der Waals surface area contributed by atoms with Gasteiger partial charge in [-0.3, -0.25) is 0 Å². The van der Waals surface area contributed by atoms with E-state index in [0.717, 1.165) is 11.5 Å². The smallest absolute Gasteiger partial charge is 0.151 e. The van der Waals surface area contributed by atoms with Gasteiger partial charge in [-0.05, 0) is 0 Å². The van der Waals surface area contributed by atoms with Gasteiger partial charge < -0.3 is 15.0 Å². The first-order valence-electron chi connectivity index (χ1n) is 2.80. The Kier molecular flexibility index (Phi) is 0.927. The molecule has 0 saturated heterocycles. The zero-order valence-electron chi connectivity index (χ0n) is 4.85. The van der Waals surface area contributed by atoms with Crippen LogP contribution in [0.4, 0.5) is 5.82 Å². The third kappa shape index (κ3) is 0.675. The van der Waals surface area contributed by atoms with Crippen LogP contribution in [-0.4, -0.2) is 16.7 Å². The number of anilines is 1. The van der Waals surface area contributed by atoms with Crippen molar-refractivity contribution in [1.82, 2.24) is 9.97 Å². The van der Waals surface area contributed by atoms with E-state index in [1.165, 1.54) is 0 Å². The molecule has 0 saturated carbocycles. The Balaban J connectivity index is 2.39. The standard InChI is InChI=1S/C5H7N3O/c1-4-5(7-2-6-4)8-3-9-1/h2,8H,1,3H2,(H,6,7). The van der Waals surface area contributed by atoms with Gasteiger partial charge in [0.15, 0.2) is 5.82 Å². The zero-order chi connectivity index (χ0) is 6.10. The van der Waals surface area contributed by atoms with Gasteiger partial charge in [-0.1, -0.05) is 0 Å². The molecule has 48 valence electrons. The SMILES string of the molecule is c1nc2c([nH]1)COCN2. The molecule has 2 N–H and O–H groups in total. The molecule has 0 radical (unpaired) electrons. The van der Waals surface area contributed by atoms with Crippen LogP contribution in [0.15, 0.2) is 6.33 Å². The maximum absolute atomic E-state index is 5.07. The highest BCUT2D eigenvalue weighted by molar-refractivity contribution is 5.40. The first-order chi connectivity index (χ1) is 4.47. The summed E-state index contributed by atoms with van der Waals surface area (Å²) in [4.78, 5) is 6.97. The first-order valence-corrected chi connectivity index (χ1v) is 2.80. The topological polar surface area (TPSA) is 49.9 Å². The number of nitrogens with one attached hydrogen (secondary N) is 2. The largest absolute Gasteiger partial charge is 0.355 e. The normalized spacial score (nSPS) is 16.4. The minimum atomic E-state index is 0.567. The highest BCUT2D eigenvalue weighted by Crippen LogP contribution is 2.13. The van der Waals surface area contributed by atoms with Crippen molar-refractivity contribution in [3.05, 3.63) is 12.0 Å². The van der Waals surface area contributed by atoms with Crippen molar-refractivity contribution in [3.8, 4) is 0 Å². The van der Waals surface area contributed by atoms with Gasteiger partial charge in [0.05, 0.1) is 18.6 Å². The molecule has 1 aromatic heterocycles. The molecule has 4 nitrogen and oxygen atoms in total. The molecule has 0 aromatic carbocycles. The van der Waals surface area contributed by atoms with E-state index in [0.29, 0.717) is 13.3 Å². The monoisotopic (exact) mass is 125 g/mol. The van der Waals surface area contributed by atoms with Gasteiger partial charge in [0, 0.05) is 0 Å². The Labute approximate surface area is 52.2 Å². The van der Waals surface area contributed by atoms with Gasteiger partial charge in [-0.2, -0.15) is 0 Å². The summed E-state index contributed by atoms with van der Waals surface area (Å²) in [5.74, 6) is 0.918. The van der Waals surface area contributed by atoms with Gasteiger partial charge in [0.1, 0.15) is 6.73 Å². The number of hydrogen-bond acceptors (Lipinski definition) is 3. The second-order valence-corrected chi connectivity index (χ2v) is 1.90. The molecule has 1 aromatic rings. The van der Waals surface area contributed by atoms with Crippen molar-refractivity contribution in [2.45, 2.75) is 6.61 Å². The fraction of sp³-hybridized carbons (Fsp3) is 0.400. The predicted molar refractivity (Wildman–Crippen MR) is 31.9 cm³/mol. The van der Waals surface area contributed by atoms with Crippen LogP contribution in [0.5, 0.6) is 0 Å². The number of fused-ring (bicyclic) bond motifs is 1. The van der Waals surface area contributed by atoms with E-state index in [4.69, 9.17) is 4.74 Å². The van der Waals surface area contributed by atoms with E-state index < -0.39 is 0 Å². The van der Waals surface area contributed by atoms with Crippen LogP contribution < -0.4 is 5.32 Å². The van der Waals surface area contributed by atoms with E-state index in [9.17, 15) is 0 Å². The lowest BCUT2D eigenvalue weighted by Crippen LogP contribution is -2.13. The minimum Gasteiger partial charge on any atom is -0.355 e. The lowest BCUT2D eigenvalue weighted by atomic mass is 10.4. The van der Waals surface area contributed by atoms with Gasteiger partial charge >= 0.3 is 0 Å². The second kappa shape index (κ2) is 1.73. The van der Waals surface area contributed by atoms with Crippen molar-refractivity contribution in [2.75, 3.05) is 12.0 Å². The van der Waals surface area contributed by atoms with Gasteiger partial charge in [0.2, 0.25) is 0 Å².